The van der Waals surface area contributed by atoms with E-state index in [9.17, 15) is 0 Å². The molecule has 0 unspecified atom stereocenters. The Morgan fingerprint density at radius 1 is 1.50 bits per heavy atom. The van der Waals surface area contributed by atoms with Crippen molar-refractivity contribution in [1.82, 2.24) is 0 Å². The average Bonchev–Trinajstić information content (AvgIpc) is 2.03. The zero-order valence-electron chi connectivity index (χ0n) is 6.96. The zero-order chi connectivity index (χ0) is 8.97. The first-order chi connectivity index (χ1) is 5.70. The van der Waals surface area contributed by atoms with Crippen LogP contribution in [-0.4, -0.2) is 11.8 Å². The van der Waals surface area contributed by atoms with Crippen molar-refractivity contribution in [2.75, 3.05) is 5.75 Å². The molecule has 12 heavy (non-hydrogen) atoms. The van der Waals surface area contributed by atoms with Crippen LogP contribution in [0, 0.1) is 0 Å². The Kier molecular flexibility index (Phi) is 3.92. The number of thioether (sulfide) groups is 1. The van der Waals surface area contributed by atoms with E-state index in [1.165, 1.54) is 0 Å². The third kappa shape index (κ3) is 3.05. The summed E-state index contributed by atoms with van der Waals surface area (Å²) in [6, 6.07) is 8.03. The van der Waals surface area contributed by atoms with Gasteiger partial charge in [-0.05, 0) is 19.1 Å². The fourth-order valence-corrected chi connectivity index (χ4v) is 1.91. The van der Waals surface area contributed by atoms with Crippen LogP contribution in [0.15, 0.2) is 29.2 Å². The van der Waals surface area contributed by atoms with Crippen molar-refractivity contribution < 1.29 is 0 Å². The smallest absolute Gasteiger partial charge is 0.0541 e. The third-order valence-corrected chi connectivity index (χ3v) is 3.14. The van der Waals surface area contributed by atoms with Gasteiger partial charge in [-0.1, -0.05) is 23.7 Å². The zero-order valence-corrected chi connectivity index (χ0v) is 8.53. The van der Waals surface area contributed by atoms with Gasteiger partial charge < -0.3 is 5.73 Å². The SMILES string of the molecule is C[C@@H](N)CSc1ccccc1Cl. The molecule has 0 radical (unpaired) electrons. The first-order valence-corrected chi connectivity index (χ1v) is 5.19. The van der Waals surface area contributed by atoms with Crippen molar-refractivity contribution in [3.8, 4) is 0 Å². The summed E-state index contributed by atoms with van der Waals surface area (Å²) in [5, 5.41) is 0.808. The quantitative estimate of drug-likeness (QED) is 0.762. The number of benzene rings is 1. The number of nitrogens with two attached hydrogens (primary N) is 1. The van der Waals surface area contributed by atoms with Crippen molar-refractivity contribution >= 4 is 23.4 Å². The predicted molar refractivity (Wildman–Crippen MR) is 55.8 cm³/mol. The second-order valence-electron chi connectivity index (χ2n) is 2.72. The molecule has 0 aliphatic carbocycles. The minimum absolute atomic E-state index is 0.214. The van der Waals surface area contributed by atoms with Gasteiger partial charge in [0.1, 0.15) is 0 Å². The molecule has 0 saturated carbocycles. The van der Waals surface area contributed by atoms with E-state index in [0.29, 0.717) is 0 Å². The van der Waals surface area contributed by atoms with Crippen molar-refractivity contribution in [1.29, 1.82) is 0 Å². The van der Waals surface area contributed by atoms with Gasteiger partial charge in [0, 0.05) is 16.7 Å². The molecule has 0 amide bonds. The summed E-state index contributed by atoms with van der Waals surface area (Å²) in [5.74, 6) is 0.906. The Morgan fingerprint density at radius 3 is 2.75 bits per heavy atom. The van der Waals surface area contributed by atoms with Gasteiger partial charge in [-0.15, -0.1) is 11.8 Å². The van der Waals surface area contributed by atoms with Gasteiger partial charge in [-0.25, -0.2) is 0 Å². The van der Waals surface area contributed by atoms with Crippen molar-refractivity contribution in [3.63, 3.8) is 0 Å². The van der Waals surface area contributed by atoms with Gasteiger partial charge in [0.25, 0.3) is 0 Å². The van der Waals surface area contributed by atoms with E-state index in [4.69, 9.17) is 17.3 Å². The first kappa shape index (κ1) is 9.90. The molecule has 1 aromatic carbocycles. The fourth-order valence-electron chi connectivity index (χ4n) is 0.783. The molecule has 0 spiro atoms. The number of halogens is 1. The van der Waals surface area contributed by atoms with E-state index in [-0.39, 0.29) is 6.04 Å². The molecule has 1 nitrogen and oxygen atoms in total. The first-order valence-electron chi connectivity index (χ1n) is 3.83. The van der Waals surface area contributed by atoms with Crippen LogP contribution < -0.4 is 5.73 Å². The van der Waals surface area contributed by atoms with E-state index < -0.39 is 0 Å². The second kappa shape index (κ2) is 4.75. The highest BCUT2D eigenvalue weighted by Gasteiger charge is 2.00. The Hall–Kier alpha value is -0.180. The van der Waals surface area contributed by atoms with Crippen LogP contribution in [0.25, 0.3) is 0 Å². The van der Waals surface area contributed by atoms with Gasteiger partial charge in [-0.2, -0.15) is 0 Å². The van der Waals surface area contributed by atoms with Crippen molar-refractivity contribution in [2.24, 2.45) is 5.73 Å². The van der Waals surface area contributed by atoms with Crippen LogP contribution in [-0.2, 0) is 0 Å². The Bertz CT molecular complexity index is 250. The summed E-state index contributed by atoms with van der Waals surface area (Å²) in [4.78, 5) is 1.11. The number of rotatable bonds is 3. The number of hydrogen-bond donors (Lipinski definition) is 1. The molecular weight excluding hydrogens is 190 g/mol. The summed E-state index contributed by atoms with van der Waals surface area (Å²) in [7, 11) is 0. The topological polar surface area (TPSA) is 26.0 Å². The van der Waals surface area contributed by atoms with Gasteiger partial charge in [-0.3, -0.25) is 0 Å². The second-order valence-corrected chi connectivity index (χ2v) is 4.19. The van der Waals surface area contributed by atoms with Crippen molar-refractivity contribution in [3.05, 3.63) is 29.3 Å². The lowest BCUT2D eigenvalue weighted by Gasteiger charge is -2.05. The lowest BCUT2D eigenvalue weighted by molar-refractivity contribution is 0.847. The Balaban J connectivity index is 2.57. The Morgan fingerprint density at radius 2 is 2.17 bits per heavy atom. The van der Waals surface area contributed by atoms with Crippen LogP contribution in [0.2, 0.25) is 5.02 Å². The van der Waals surface area contributed by atoms with E-state index in [1.54, 1.807) is 11.8 Å². The van der Waals surface area contributed by atoms with E-state index in [1.807, 2.05) is 31.2 Å². The molecule has 0 aromatic heterocycles. The maximum atomic E-state index is 5.95. The summed E-state index contributed by atoms with van der Waals surface area (Å²) in [6.07, 6.45) is 0. The molecule has 0 saturated heterocycles. The van der Waals surface area contributed by atoms with Gasteiger partial charge in [0.2, 0.25) is 0 Å². The molecule has 2 N–H and O–H groups in total. The molecule has 0 fully saturated rings. The third-order valence-electron chi connectivity index (χ3n) is 1.34. The molecule has 0 aliphatic heterocycles. The van der Waals surface area contributed by atoms with Gasteiger partial charge >= 0.3 is 0 Å². The van der Waals surface area contributed by atoms with Crippen LogP contribution in [0.3, 0.4) is 0 Å². The van der Waals surface area contributed by atoms with E-state index >= 15 is 0 Å². The standard InChI is InChI=1S/C9H12ClNS/c1-7(11)6-12-9-5-3-2-4-8(9)10/h2-5,7H,6,11H2,1H3/t7-/m1/s1. The lowest BCUT2D eigenvalue weighted by Crippen LogP contribution is -2.17. The molecule has 0 bridgehead atoms. The lowest BCUT2D eigenvalue weighted by atomic mass is 10.4. The summed E-state index contributed by atoms with van der Waals surface area (Å²) in [5.41, 5.74) is 5.63. The molecule has 0 heterocycles. The average molecular weight is 202 g/mol. The number of hydrogen-bond acceptors (Lipinski definition) is 2. The Labute approximate surface area is 82.3 Å². The minimum Gasteiger partial charge on any atom is -0.327 e. The van der Waals surface area contributed by atoms with Gasteiger partial charge in [0.15, 0.2) is 0 Å². The molecule has 3 heteroatoms. The van der Waals surface area contributed by atoms with Crippen LogP contribution in [0.4, 0.5) is 0 Å². The maximum absolute atomic E-state index is 5.95. The highest BCUT2D eigenvalue weighted by atomic mass is 35.5. The predicted octanol–water partition coefficient (Wildman–Crippen LogP) is 2.78. The summed E-state index contributed by atoms with van der Waals surface area (Å²) in [6.45, 7) is 1.99. The highest BCUT2D eigenvalue weighted by Crippen LogP contribution is 2.26. The molecule has 0 aliphatic rings. The minimum atomic E-state index is 0.214. The summed E-state index contributed by atoms with van der Waals surface area (Å²) >= 11 is 7.64. The summed E-state index contributed by atoms with van der Waals surface area (Å²) < 4.78 is 0. The van der Waals surface area contributed by atoms with E-state index in [2.05, 4.69) is 0 Å². The largest absolute Gasteiger partial charge is 0.327 e. The molecule has 1 atom stereocenters. The van der Waals surface area contributed by atoms with Crippen LogP contribution >= 0.6 is 23.4 Å². The molecular formula is C9H12ClNS. The van der Waals surface area contributed by atoms with Crippen LogP contribution in [0.1, 0.15) is 6.92 Å². The monoisotopic (exact) mass is 201 g/mol. The maximum Gasteiger partial charge on any atom is 0.0541 e. The molecule has 1 aromatic rings. The normalized spacial score (nSPS) is 12.9. The molecule has 66 valence electrons. The fraction of sp³-hybridized carbons (Fsp3) is 0.333. The highest BCUT2D eigenvalue weighted by molar-refractivity contribution is 7.99. The van der Waals surface area contributed by atoms with Crippen LogP contribution in [0.5, 0.6) is 0 Å². The molecule has 1 rings (SSSR count). The van der Waals surface area contributed by atoms with E-state index in [0.717, 1.165) is 15.7 Å². The van der Waals surface area contributed by atoms with Gasteiger partial charge in [0.05, 0.1) is 5.02 Å². The van der Waals surface area contributed by atoms with Crippen molar-refractivity contribution in [2.45, 2.75) is 17.9 Å².